The van der Waals surface area contributed by atoms with Crippen LogP contribution in [-0.4, -0.2) is 39.9 Å². The van der Waals surface area contributed by atoms with E-state index in [1.165, 1.54) is 5.56 Å². The normalized spacial score (nSPS) is 14.9. The molecule has 4 aromatic rings. The summed E-state index contributed by atoms with van der Waals surface area (Å²) in [5, 5.41) is 5.62. The second-order valence-corrected chi connectivity index (χ2v) is 7.76. The summed E-state index contributed by atoms with van der Waals surface area (Å²) in [6, 6.07) is 18.9. The van der Waals surface area contributed by atoms with Crippen molar-refractivity contribution >= 4 is 16.9 Å². The summed E-state index contributed by atoms with van der Waals surface area (Å²) in [6.07, 6.45) is 5.82. The molecule has 0 unspecified atom stereocenters. The van der Waals surface area contributed by atoms with Crippen molar-refractivity contribution in [3.63, 3.8) is 0 Å². The number of ether oxygens (including phenoxy) is 1. The van der Waals surface area contributed by atoms with Crippen LogP contribution < -0.4 is 9.64 Å². The Hall–Kier alpha value is -3.41. The van der Waals surface area contributed by atoms with Gasteiger partial charge in [-0.25, -0.2) is 14.6 Å². The minimum Gasteiger partial charge on any atom is -0.497 e. The Morgan fingerprint density at radius 2 is 1.83 bits per heavy atom. The predicted molar refractivity (Wildman–Crippen MR) is 118 cm³/mol. The summed E-state index contributed by atoms with van der Waals surface area (Å²) in [6.45, 7) is 2.63. The Bertz CT molecular complexity index is 1130. The number of hydrogen-bond acceptors (Lipinski definition) is 5. The molecule has 152 valence electrons. The lowest BCUT2D eigenvalue weighted by Crippen LogP contribution is -2.33. The second-order valence-electron chi connectivity index (χ2n) is 7.76. The lowest BCUT2D eigenvalue weighted by atomic mass is 9.89. The summed E-state index contributed by atoms with van der Waals surface area (Å²) < 4.78 is 7.28. The largest absolute Gasteiger partial charge is 0.497 e. The van der Waals surface area contributed by atoms with Gasteiger partial charge in [0.25, 0.3) is 0 Å². The molecule has 0 aliphatic carbocycles. The lowest BCUT2D eigenvalue weighted by molar-refractivity contribution is 0.414. The highest BCUT2D eigenvalue weighted by atomic mass is 16.5. The Kier molecular flexibility index (Phi) is 5.05. The maximum Gasteiger partial charge on any atom is 0.163 e. The minimum absolute atomic E-state index is 0.621. The van der Waals surface area contributed by atoms with Gasteiger partial charge in [-0.05, 0) is 42.0 Å². The van der Waals surface area contributed by atoms with Gasteiger partial charge in [0.2, 0.25) is 0 Å². The van der Waals surface area contributed by atoms with Gasteiger partial charge < -0.3 is 9.64 Å². The summed E-state index contributed by atoms with van der Waals surface area (Å²) in [5.41, 5.74) is 3.44. The van der Waals surface area contributed by atoms with Crippen LogP contribution in [0.3, 0.4) is 0 Å². The van der Waals surface area contributed by atoms with Crippen molar-refractivity contribution in [2.45, 2.75) is 25.3 Å². The molecule has 1 fully saturated rings. The molecule has 6 heteroatoms. The highest BCUT2D eigenvalue weighted by Gasteiger charge is 2.23. The van der Waals surface area contributed by atoms with E-state index in [2.05, 4.69) is 56.4 Å². The Morgan fingerprint density at radius 3 is 2.63 bits per heavy atom. The molecule has 0 atom stereocenters. The van der Waals surface area contributed by atoms with E-state index in [0.717, 1.165) is 54.1 Å². The maximum atomic E-state index is 5.34. The summed E-state index contributed by atoms with van der Waals surface area (Å²) >= 11 is 0. The number of rotatable bonds is 5. The van der Waals surface area contributed by atoms with Crippen molar-refractivity contribution in [3.05, 3.63) is 78.2 Å². The molecule has 1 saturated heterocycles. The standard InChI is InChI=1S/C24H25N5O/c1-30-21-9-5-6-18(14-21)16-29-24-22(15-27-29)23(25-17-26-24)28-12-10-20(11-13-28)19-7-3-2-4-8-19/h2-9,14-15,17,20H,10-13,16H2,1H3. The van der Waals surface area contributed by atoms with Crippen LogP contribution in [0.4, 0.5) is 5.82 Å². The van der Waals surface area contributed by atoms with Gasteiger partial charge in [-0.2, -0.15) is 5.10 Å². The van der Waals surface area contributed by atoms with Gasteiger partial charge in [-0.15, -0.1) is 0 Å². The minimum atomic E-state index is 0.621. The third kappa shape index (κ3) is 3.61. The number of methoxy groups -OCH3 is 1. The molecule has 0 spiro atoms. The molecular weight excluding hydrogens is 374 g/mol. The number of piperidine rings is 1. The van der Waals surface area contributed by atoms with E-state index in [4.69, 9.17) is 4.74 Å². The molecule has 0 N–H and O–H groups in total. The van der Waals surface area contributed by atoms with Crippen molar-refractivity contribution < 1.29 is 4.74 Å². The van der Waals surface area contributed by atoms with E-state index in [0.29, 0.717) is 12.5 Å². The first-order chi connectivity index (χ1) is 14.8. The molecule has 3 heterocycles. The maximum absolute atomic E-state index is 5.34. The summed E-state index contributed by atoms with van der Waals surface area (Å²) in [4.78, 5) is 11.5. The molecule has 6 nitrogen and oxygen atoms in total. The van der Waals surface area contributed by atoms with E-state index in [-0.39, 0.29) is 0 Å². The average Bonchev–Trinajstić information content (AvgIpc) is 3.23. The van der Waals surface area contributed by atoms with Gasteiger partial charge in [0.05, 0.1) is 25.2 Å². The van der Waals surface area contributed by atoms with E-state index in [1.54, 1.807) is 13.4 Å². The first-order valence-electron chi connectivity index (χ1n) is 10.4. The zero-order valence-corrected chi connectivity index (χ0v) is 17.1. The first kappa shape index (κ1) is 18.6. The van der Waals surface area contributed by atoms with Crippen molar-refractivity contribution in [2.24, 2.45) is 0 Å². The topological polar surface area (TPSA) is 56.1 Å². The Labute approximate surface area is 176 Å². The molecule has 0 radical (unpaired) electrons. The highest BCUT2D eigenvalue weighted by molar-refractivity contribution is 5.86. The number of nitrogens with zero attached hydrogens (tertiary/aromatic N) is 5. The SMILES string of the molecule is COc1cccc(Cn2ncc3c(N4CCC(c5ccccc5)CC4)ncnc32)c1. The van der Waals surface area contributed by atoms with Crippen molar-refractivity contribution in [1.82, 2.24) is 19.7 Å². The number of fused-ring (bicyclic) bond motifs is 1. The molecule has 1 aliphatic rings. The second kappa shape index (κ2) is 8.14. The monoisotopic (exact) mass is 399 g/mol. The van der Waals surface area contributed by atoms with Crippen molar-refractivity contribution in [2.75, 3.05) is 25.1 Å². The van der Waals surface area contributed by atoms with Crippen LogP contribution in [0.1, 0.15) is 29.9 Å². The van der Waals surface area contributed by atoms with Crippen LogP contribution in [0, 0.1) is 0 Å². The fraction of sp³-hybridized carbons (Fsp3) is 0.292. The van der Waals surface area contributed by atoms with Gasteiger partial charge in [-0.1, -0.05) is 42.5 Å². The van der Waals surface area contributed by atoms with Crippen LogP contribution >= 0.6 is 0 Å². The number of benzene rings is 2. The summed E-state index contributed by atoms with van der Waals surface area (Å²) in [5.74, 6) is 2.46. The Balaban J connectivity index is 1.36. The third-order valence-corrected chi connectivity index (χ3v) is 5.94. The number of hydrogen-bond donors (Lipinski definition) is 0. The Morgan fingerprint density at radius 1 is 1.00 bits per heavy atom. The zero-order valence-electron chi connectivity index (χ0n) is 17.1. The van der Waals surface area contributed by atoms with Crippen molar-refractivity contribution in [3.8, 4) is 5.75 Å². The van der Waals surface area contributed by atoms with Crippen LogP contribution in [0.15, 0.2) is 67.1 Å². The first-order valence-corrected chi connectivity index (χ1v) is 10.4. The number of anilines is 1. The highest BCUT2D eigenvalue weighted by Crippen LogP contribution is 2.32. The average molecular weight is 399 g/mol. The fourth-order valence-corrected chi connectivity index (χ4v) is 4.34. The van der Waals surface area contributed by atoms with Gasteiger partial charge in [-0.3, -0.25) is 0 Å². The molecular formula is C24H25N5O. The predicted octanol–water partition coefficient (Wildman–Crippen LogP) is 4.27. The van der Waals surface area contributed by atoms with E-state index in [9.17, 15) is 0 Å². The summed E-state index contributed by atoms with van der Waals surface area (Å²) in [7, 11) is 1.68. The quantitative estimate of drug-likeness (QED) is 0.502. The van der Waals surface area contributed by atoms with Crippen molar-refractivity contribution in [1.29, 1.82) is 0 Å². The molecule has 1 aliphatic heterocycles. The molecule has 30 heavy (non-hydrogen) atoms. The molecule has 0 amide bonds. The number of aromatic nitrogens is 4. The molecule has 2 aromatic carbocycles. The molecule has 2 aromatic heterocycles. The molecule has 0 saturated carbocycles. The molecule has 5 rings (SSSR count). The smallest absolute Gasteiger partial charge is 0.163 e. The fourth-order valence-electron chi connectivity index (χ4n) is 4.34. The zero-order chi connectivity index (χ0) is 20.3. The van der Waals surface area contributed by atoms with Gasteiger partial charge in [0.15, 0.2) is 5.65 Å². The van der Waals surface area contributed by atoms with Crippen LogP contribution in [0.5, 0.6) is 5.75 Å². The van der Waals surface area contributed by atoms with E-state index in [1.807, 2.05) is 29.1 Å². The van der Waals surface area contributed by atoms with Gasteiger partial charge in [0.1, 0.15) is 17.9 Å². The van der Waals surface area contributed by atoms with E-state index >= 15 is 0 Å². The van der Waals surface area contributed by atoms with Gasteiger partial charge >= 0.3 is 0 Å². The molecule has 0 bridgehead atoms. The van der Waals surface area contributed by atoms with Crippen LogP contribution in [-0.2, 0) is 6.54 Å². The third-order valence-electron chi connectivity index (χ3n) is 5.94. The lowest BCUT2D eigenvalue weighted by Gasteiger charge is -2.33. The van der Waals surface area contributed by atoms with Gasteiger partial charge in [0, 0.05) is 13.1 Å². The van der Waals surface area contributed by atoms with Crippen LogP contribution in [0.25, 0.3) is 11.0 Å². The van der Waals surface area contributed by atoms with E-state index < -0.39 is 0 Å². The van der Waals surface area contributed by atoms with Crippen LogP contribution in [0.2, 0.25) is 0 Å².